The Balaban J connectivity index is 2.19. The van der Waals surface area contributed by atoms with Gasteiger partial charge < -0.3 is 0 Å². The summed E-state index contributed by atoms with van der Waals surface area (Å²) >= 11 is 2.24. The van der Waals surface area contributed by atoms with E-state index in [0.717, 1.165) is 28.0 Å². The van der Waals surface area contributed by atoms with Gasteiger partial charge in [-0.1, -0.05) is 0 Å². The van der Waals surface area contributed by atoms with Crippen LogP contribution in [0.5, 0.6) is 0 Å². The third kappa shape index (κ3) is 1.91. The van der Waals surface area contributed by atoms with Gasteiger partial charge in [0.15, 0.2) is 5.65 Å². The van der Waals surface area contributed by atoms with Gasteiger partial charge in [-0.05, 0) is 12.5 Å². The Bertz CT molecular complexity index is 717. The minimum absolute atomic E-state index is 0.856. The zero-order valence-corrected chi connectivity index (χ0v) is 12.8. The zero-order chi connectivity index (χ0) is 12.7. The van der Waals surface area contributed by atoms with Crippen molar-refractivity contribution in [1.29, 1.82) is 0 Å². The Kier molecular flexibility index (Phi) is 3.02. The van der Waals surface area contributed by atoms with Crippen molar-refractivity contribution in [2.45, 2.75) is 6.92 Å². The lowest BCUT2D eigenvalue weighted by Gasteiger charge is -1.99. The molecular formula is C11H10IN5S. The Morgan fingerprint density at radius 1 is 1.28 bits per heavy atom. The van der Waals surface area contributed by atoms with E-state index in [9.17, 15) is 0 Å². The average molecular weight is 371 g/mol. The van der Waals surface area contributed by atoms with Crippen molar-refractivity contribution in [1.82, 2.24) is 23.7 Å². The second-order valence-electron chi connectivity index (χ2n) is 4.04. The van der Waals surface area contributed by atoms with Gasteiger partial charge in [0, 0.05) is 55.3 Å². The molecule has 0 aliphatic carbocycles. The lowest BCUT2D eigenvalue weighted by Crippen LogP contribution is -1.89. The summed E-state index contributed by atoms with van der Waals surface area (Å²) in [4.78, 5) is 9.17. The first-order valence-electron chi connectivity index (χ1n) is 5.32. The van der Waals surface area contributed by atoms with Gasteiger partial charge >= 0.3 is 0 Å². The van der Waals surface area contributed by atoms with Crippen LogP contribution in [0.2, 0.25) is 0 Å². The molecule has 0 atom stereocenters. The van der Waals surface area contributed by atoms with Crippen molar-refractivity contribution in [2.75, 3.05) is 0 Å². The summed E-state index contributed by atoms with van der Waals surface area (Å²) in [7, 11) is 3.49. The molecule has 7 heteroatoms. The smallest absolute Gasteiger partial charge is 0.169 e. The van der Waals surface area contributed by atoms with Gasteiger partial charge in [-0.15, -0.1) is 0 Å². The highest BCUT2D eigenvalue weighted by atomic mass is 127. The molecule has 0 N–H and O–H groups in total. The largest absolute Gasteiger partial charge is 0.275 e. The van der Waals surface area contributed by atoms with E-state index in [1.165, 1.54) is 0 Å². The first kappa shape index (κ1) is 12.0. The van der Waals surface area contributed by atoms with Crippen LogP contribution in [0.4, 0.5) is 0 Å². The van der Waals surface area contributed by atoms with E-state index in [1.807, 2.05) is 24.1 Å². The number of aryl methyl sites for hydroxylation is 2. The van der Waals surface area contributed by atoms with Crippen LogP contribution in [0.15, 0.2) is 24.8 Å². The number of hydrogen-bond acceptors (Lipinski definition) is 4. The monoisotopic (exact) mass is 371 g/mol. The van der Waals surface area contributed by atoms with E-state index < -0.39 is 0 Å². The Labute approximate surface area is 120 Å². The molecule has 0 fully saturated rings. The van der Waals surface area contributed by atoms with Gasteiger partial charge in [0.1, 0.15) is 5.52 Å². The van der Waals surface area contributed by atoms with Crippen molar-refractivity contribution in [3.8, 4) is 11.3 Å². The van der Waals surface area contributed by atoms with E-state index in [4.69, 9.17) is 0 Å². The lowest BCUT2D eigenvalue weighted by molar-refractivity contribution is 0.768. The molecule has 0 spiro atoms. The van der Waals surface area contributed by atoms with Gasteiger partial charge in [-0.3, -0.25) is 8.65 Å². The van der Waals surface area contributed by atoms with Crippen LogP contribution in [-0.2, 0) is 7.05 Å². The molecule has 3 rings (SSSR count). The molecule has 0 unspecified atom stereocenters. The highest BCUT2D eigenvalue weighted by Crippen LogP contribution is 2.27. The molecule has 0 aromatic carbocycles. The summed E-state index contributed by atoms with van der Waals surface area (Å²) in [5.74, 6) is 0. The summed E-state index contributed by atoms with van der Waals surface area (Å²) in [6.07, 6.45) is 7.58. The fourth-order valence-corrected chi connectivity index (χ4v) is 3.15. The summed E-state index contributed by atoms with van der Waals surface area (Å²) < 4.78 is 3.78. The Hall–Kier alpha value is -1.09. The second-order valence-corrected chi connectivity index (χ2v) is 5.75. The SMILES string of the molecule is Cc1cn(SI)c2ncc(-c3cnn(C)c3)nc12. The summed E-state index contributed by atoms with van der Waals surface area (Å²) in [5, 5.41) is 4.16. The van der Waals surface area contributed by atoms with Crippen molar-refractivity contribution < 1.29 is 0 Å². The summed E-state index contributed by atoms with van der Waals surface area (Å²) in [6, 6.07) is 0. The third-order valence-electron chi connectivity index (χ3n) is 2.72. The van der Waals surface area contributed by atoms with Gasteiger partial charge in [0.2, 0.25) is 0 Å². The van der Waals surface area contributed by atoms with Crippen LogP contribution in [0.1, 0.15) is 5.56 Å². The standard InChI is InChI=1S/C11H10IN5S/c1-7-5-17(18-12)11-10(7)15-9(4-13-11)8-3-14-16(2)6-8/h3-6H,1-2H3. The summed E-state index contributed by atoms with van der Waals surface area (Å²) in [5.41, 5.74) is 4.82. The molecule has 0 saturated heterocycles. The fraction of sp³-hybridized carbons (Fsp3) is 0.182. The number of fused-ring (bicyclic) bond motifs is 1. The predicted octanol–water partition coefficient (Wildman–Crippen LogP) is 2.99. The van der Waals surface area contributed by atoms with Crippen molar-refractivity contribution in [3.05, 3.63) is 30.4 Å². The molecule has 92 valence electrons. The Morgan fingerprint density at radius 3 is 2.78 bits per heavy atom. The normalized spacial score (nSPS) is 11.3. The third-order valence-corrected chi connectivity index (χ3v) is 4.42. The first-order valence-corrected chi connectivity index (χ1v) is 8.63. The van der Waals surface area contributed by atoms with Gasteiger partial charge in [-0.25, -0.2) is 9.97 Å². The molecule has 0 radical (unpaired) electrons. The van der Waals surface area contributed by atoms with Crippen LogP contribution in [0, 0.1) is 6.92 Å². The van der Waals surface area contributed by atoms with Crippen LogP contribution in [0.25, 0.3) is 22.4 Å². The van der Waals surface area contributed by atoms with Gasteiger partial charge in [0.05, 0.1) is 18.1 Å². The van der Waals surface area contributed by atoms with E-state index in [2.05, 4.69) is 42.5 Å². The molecule has 3 heterocycles. The first-order chi connectivity index (χ1) is 8.69. The molecule has 0 saturated carbocycles. The van der Waals surface area contributed by atoms with Crippen LogP contribution in [-0.4, -0.2) is 23.7 Å². The van der Waals surface area contributed by atoms with Gasteiger partial charge in [0.25, 0.3) is 0 Å². The van der Waals surface area contributed by atoms with Crippen molar-refractivity contribution >= 4 is 41.5 Å². The molecule has 5 nitrogen and oxygen atoms in total. The molecule has 3 aromatic heterocycles. The van der Waals surface area contributed by atoms with E-state index in [0.29, 0.717) is 0 Å². The van der Waals surface area contributed by atoms with Crippen molar-refractivity contribution in [2.24, 2.45) is 7.05 Å². The Morgan fingerprint density at radius 2 is 2.11 bits per heavy atom. The molecule has 0 aliphatic rings. The number of aromatic nitrogens is 5. The van der Waals surface area contributed by atoms with E-state index in [-0.39, 0.29) is 0 Å². The maximum Gasteiger partial charge on any atom is 0.169 e. The number of rotatable bonds is 2. The molecule has 3 aromatic rings. The van der Waals surface area contributed by atoms with Crippen LogP contribution < -0.4 is 0 Å². The molecule has 18 heavy (non-hydrogen) atoms. The minimum Gasteiger partial charge on any atom is -0.275 e. The van der Waals surface area contributed by atoms with Crippen LogP contribution >= 0.6 is 30.3 Å². The fourth-order valence-electron chi connectivity index (χ4n) is 1.85. The number of nitrogens with zero attached hydrogens (tertiary/aromatic N) is 5. The van der Waals surface area contributed by atoms with Crippen molar-refractivity contribution in [3.63, 3.8) is 0 Å². The maximum absolute atomic E-state index is 4.67. The van der Waals surface area contributed by atoms with Crippen LogP contribution in [0.3, 0.4) is 0 Å². The molecular weight excluding hydrogens is 361 g/mol. The minimum atomic E-state index is 0.856. The second kappa shape index (κ2) is 4.54. The average Bonchev–Trinajstić information content (AvgIpc) is 2.94. The van der Waals surface area contributed by atoms with E-state index >= 15 is 0 Å². The lowest BCUT2D eigenvalue weighted by atomic mass is 10.2. The molecule has 0 bridgehead atoms. The van der Waals surface area contributed by atoms with Gasteiger partial charge in [-0.2, -0.15) is 5.10 Å². The highest BCUT2D eigenvalue weighted by molar-refractivity contribution is 14.2. The quantitative estimate of drug-likeness (QED) is 0.650. The topological polar surface area (TPSA) is 48.5 Å². The number of halogens is 1. The predicted molar refractivity (Wildman–Crippen MR) is 81.5 cm³/mol. The highest BCUT2D eigenvalue weighted by Gasteiger charge is 2.11. The summed E-state index contributed by atoms with van der Waals surface area (Å²) in [6.45, 7) is 2.05. The molecule has 0 aliphatic heterocycles. The number of hydrogen-bond donors (Lipinski definition) is 0. The maximum atomic E-state index is 4.67. The zero-order valence-electron chi connectivity index (χ0n) is 9.83. The molecule has 0 amide bonds. The van der Waals surface area contributed by atoms with E-state index in [1.54, 1.807) is 26.2 Å².